The molecule has 0 heterocycles. The molecule has 1 aliphatic rings. The summed E-state index contributed by atoms with van der Waals surface area (Å²) in [4.78, 5) is 12.1. The van der Waals surface area contributed by atoms with E-state index in [-0.39, 0.29) is 11.3 Å². The molecule has 0 spiro atoms. The van der Waals surface area contributed by atoms with Crippen LogP contribution in [0.25, 0.3) is 0 Å². The highest BCUT2D eigenvalue weighted by molar-refractivity contribution is 5.76. The zero-order valence-corrected chi connectivity index (χ0v) is 13.9. The first-order valence-electron chi connectivity index (χ1n) is 8.23. The third-order valence-electron chi connectivity index (χ3n) is 4.50. The molecule has 0 aromatic heterocycles. The predicted molar refractivity (Wildman–Crippen MR) is 85.4 cm³/mol. The van der Waals surface area contributed by atoms with E-state index >= 15 is 0 Å². The Morgan fingerprint density at radius 1 is 1.25 bits per heavy atom. The van der Waals surface area contributed by atoms with Gasteiger partial charge < -0.3 is 11.1 Å². The van der Waals surface area contributed by atoms with E-state index in [0.29, 0.717) is 24.3 Å². The van der Waals surface area contributed by atoms with Gasteiger partial charge in [-0.05, 0) is 42.6 Å². The number of carbonyl (C=O) groups is 1. The van der Waals surface area contributed by atoms with Gasteiger partial charge in [-0.15, -0.1) is 0 Å². The van der Waals surface area contributed by atoms with Crippen molar-refractivity contribution in [2.75, 3.05) is 13.1 Å². The molecule has 1 rings (SSSR count). The lowest BCUT2D eigenvalue weighted by Gasteiger charge is -2.36. The standard InChI is InChI=1S/C17H34N2O/c1-14(11-16(2,3)4)10-15(20)19-13-17(12-18)8-6-5-7-9-17/h14H,5-13,18H2,1-4H3,(H,19,20). The van der Waals surface area contributed by atoms with Gasteiger partial charge in [-0.1, -0.05) is 47.0 Å². The monoisotopic (exact) mass is 282 g/mol. The highest BCUT2D eigenvalue weighted by Crippen LogP contribution is 2.34. The maximum atomic E-state index is 12.1. The minimum absolute atomic E-state index is 0.168. The van der Waals surface area contributed by atoms with Crippen molar-refractivity contribution in [3.8, 4) is 0 Å². The number of rotatable bonds is 6. The van der Waals surface area contributed by atoms with E-state index in [4.69, 9.17) is 5.73 Å². The van der Waals surface area contributed by atoms with Crippen LogP contribution < -0.4 is 11.1 Å². The number of nitrogens with one attached hydrogen (secondary N) is 1. The van der Waals surface area contributed by atoms with Crippen molar-refractivity contribution in [2.24, 2.45) is 22.5 Å². The van der Waals surface area contributed by atoms with Gasteiger partial charge >= 0.3 is 0 Å². The van der Waals surface area contributed by atoms with Crippen molar-refractivity contribution >= 4 is 5.91 Å². The molecule has 3 heteroatoms. The van der Waals surface area contributed by atoms with E-state index in [1.165, 1.54) is 32.1 Å². The van der Waals surface area contributed by atoms with Crippen LogP contribution in [0.1, 0.15) is 72.6 Å². The second kappa shape index (κ2) is 7.44. The molecule has 0 radical (unpaired) electrons. The average Bonchev–Trinajstić information content (AvgIpc) is 2.35. The van der Waals surface area contributed by atoms with Crippen molar-refractivity contribution in [3.05, 3.63) is 0 Å². The molecule has 0 aromatic carbocycles. The summed E-state index contributed by atoms with van der Waals surface area (Å²) in [5.41, 5.74) is 6.42. The van der Waals surface area contributed by atoms with E-state index in [1.807, 2.05) is 0 Å². The van der Waals surface area contributed by atoms with Crippen molar-refractivity contribution < 1.29 is 4.79 Å². The maximum absolute atomic E-state index is 12.1. The Kier molecular flexibility index (Phi) is 6.50. The summed E-state index contributed by atoms with van der Waals surface area (Å²) >= 11 is 0. The summed E-state index contributed by atoms with van der Waals surface area (Å²) < 4.78 is 0. The summed E-state index contributed by atoms with van der Waals surface area (Å²) in [7, 11) is 0. The lowest BCUT2D eigenvalue weighted by Crippen LogP contribution is -2.44. The maximum Gasteiger partial charge on any atom is 0.220 e. The van der Waals surface area contributed by atoms with Gasteiger partial charge in [0.1, 0.15) is 0 Å². The van der Waals surface area contributed by atoms with Gasteiger partial charge in [0.05, 0.1) is 0 Å². The molecule has 1 fully saturated rings. The van der Waals surface area contributed by atoms with Crippen molar-refractivity contribution in [2.45, 2.75) is 72.6 Å². The summed E-state index contributed by atoms with van der Waals surface area (Å²) in [6.07, 6.45) is 7.89. The molecule has 1 saturated carbocycles. The Morgan fingerprint density at radius 3 is 2.35 bits per heavy atom. The van der Waals surface area contributed by atoms with Gasteiger partial charge in [-0.25, -0.2) is 0 Å². The first kappa shape index (κ1) is 17.5. The normalized spacial score (nSPS) is 20.4. The number of amides is 1. The van der Waals surface area contributed by atoms with Crippen LogP contribution in [-0.2, 0) is 4.79 Å². The van der Waals surface area contributed by atoms with Gasteiger partial charge in [0.2, 0.25) is 5.91 Å². The molecular formula is C17H34N2O. The quantitative estimate of drug-likeness (QED) is 0.783. The van der Waals surface area contributed by atoms with Crippen LogP contribution in [-0.4, -0.2) is 19.0 Å². The minimum Gasteiger partial charge on any atom is -0.355 e. The van der Waals surface area contributed by atoms with E-state index in [1.54, 1.807) is 0 Å². The Labute approximate surface area is 125 Å². The molecule has 118 valence electrons. The first-order valence-corrected chi connectivity index (χ1v) is 8.23. The fourth-order valence-electron chi connectivity index (χ4n) is 3.55. The third kappa shape index (κ3) is 6.25. The van der Waals surface area contributed by atoms with E-state index in [0.717, 1.165) is 13.0 Å². The summed E-state index contributed by atoms with van der Waals surface area (Å²) in [6.45, 7) is 10.3. The summed E-state index contributed by atoms with van der Waals surface area (Å²) in [5, 5.41) is 3.14. The van der Waals surface area contributed by atoms with Gasteiger partial charge in [0, 0.05) is 13.0 Å². The third-order valence-corrected chi connectivity index (χ3v) is 4.50. The molecule has 0 aliphatic heterocycles. The van der Waals surface area contributed by atoms with Gasteiger partial charge in [0.15, 0.2) is 0 Å². The highest BCUT2D eigenvalue weighted by Gasteiger charge is 2.31. The molecule has 3 N–H and O–H groups in total. The second-order valence-electron chi connectivity index (χ2n) is 8.12. The predicted octanol–water partition coefficient (Wildman–Crippen LogP) is 3.47. The number of hydrogen-bond acceptors (Lipinski definition) is 2. The second-order valence-corrected chi connectivity index (χ2v) is 8.12. The van der Waals surface area contributed by atoms with Crippen LogP contribution in [0.3, 0.4) is 0 Å². The molecule has 0 aromatic rings. The van der Waals surface area contributed by atoms with Gasteiger partial charge in [-0.2, -0.15) is 0 Å². The zero-order chi connectivity index (χ0) is 15.2. The van der Waals surface area contributed by atoms with Gasteiger partial charge in [0.25, 0.3) is 0 Å². The molecule has 1 atom stereocenters. The van der Waals surface area contributed by atoms with Crippen LogP contribution in [0.15, 0.2) is 0 Å². The van der Waals surface area contributed by atoms with Crippen LogP contribution >= 0.6 is 0 Å². The Morgan fingerprint density at radius 2 is 1.85 bits per heavy atom. The largest absolute Gasteiger partial charge is 0.355 e. The molecule has 1 unspecified atom stereocenters. The van der Waals surface area contributed by atoms with Gasteiger partial charge in [-0.3, -0.25) is 4.79 Å². The smallest absolute Gasteiger partial charge is 0.220 e. The lowest BCUT2D eigenvalue weighted by atomic mass is 9.74. The zero-order valence-electron chi connectivity index (χ0n) is 13.9. The number of carbonyl (C=O) groups excluding carboxylic acids is 1. The van der Waals surface area contributed by atoms with Crippen molar-refractivity contribution in [1.29, 1.82) is 0 Å². The molecule has 1 aliphatic carbocycles. The molecule has 1 amide bonds. The fraction of sp³-hybridized carbons (Fsp3) is 0.941. The van der Waals surface area contributed by atoms with Crippen molar-refractivity contribution in [1.82, 2.24) is 5.32 Å². The lowest BCUT2D eigenvalue weighted by molar-refractivity contribution is -0.122. The summed E-state index contributed by atoms with van der Waals surface area (Å²) in [6, 6.07) is 0. The molecule has 20 heavy (non-hydrogen) atoms. The Hall–Kier alpha value is -0.570. The molecule has 3 nitrogen and oxygen atoms in total. The minimum atomic E-state index is 0.168. The average molecular weight is 282 g/mol. The van der Waals surface area contributed by atoms with Crippen LogP contribution in [0.5, 0.6) is 0 Å². The van der Waals surface area contributed by atoms with E-state index < -0.39 is 0 Å². The molecule has 0 saturated heterocycles. The van der Waals surface area contributed by atoms with E-state index in [2.05, 4.69) is 33.0 Å². The molecule has 0 bridgehead atoms. The Bertz CT molecular complexity index is 301. The molecular weight excluding hydrogens is 248 g/mol. The SMILES string of the molecule is CC(CC(=O)NCC1(CN)CCCCC1)CC(C)(C)C. The van der Waals surface area contributed by atoms with Crippen LogP contribution in [0, 0.1) is 16.7 Å². The summed E-state index contributed by atoms with van der Waals surface area (Å²) in [5.74, 6) is 0.635. The van der Waals surface area contributed by atoms with Crippen LogP contribution in [0.4, 0.5) is 0 Å². The topological polar surface area (TPSA) is 55.1 Å². The first-order chi connectivity index (χ1) is 9.26. The van der Waals surface area contributed by atoms with Crippen LogP contribution in [0.2, 0.25) is 0 Å². The van der Waals surface area contributed by atoms with E-state index in [9.17, 15) is 4.79 Å². The Balaban J connectivity index is 2.35. The highest BCUT2D eigenvalue weighted by atomic mass is 16.1. The van der Waals surface area contributed by atoms with Crippen molar-refractivity contribution in [3.63, 3.8) is 0 Å². The number of nitrogens with two attached hydrogens (primary N) is 1. The number of hydrogen-bond donors (Lipinski definition) is 2. The fourth-order valence-corrected chi connectivity index (χ4v) is 3.55.